The van der Waals surface area contributed by atoms with Crippen molar-refractivity contribution in [2.45, 2.75) is 26.8 Å². The van der Waals surface area contributed by atoms with Gasteiger partial charge in [-0.15, -0.1) is 0 Å². The van der Waals surface area contributed by atoms with Crippen molar-refractivity contribution in [3.8, 4) is 0 Å². The fraction of sp³-hybridized carbons (Fsp3) is 0.429. The predicted octanol–water partition coefficient (Wildman–Crippen LogP) is 3.06. The van der Waals surface area contributed by atoms with Crippen LogP contribution in [0.1, 0.15) is 19.4 Å². The number of anilines is 1. The van der Waals surface area contributed by atoms with Crippen molar-refractivity contribution >= 4 is 29.3 Å². The molecule has 5 nitrogen and oxygen atoms in total. The van der Waals surface area contributed by atoms with E-state index in [4.69, 9.17) is 11.6 Å². The molecular formula is C14H19ClN2O3. The highest BCUT2D eigenvalue weighted by Gasteiger charge is 2.20. The number of nitrogens with zero attached hydrogens (tertiary/aromatic N) is 1. The second kappa shape index (κ2) is 7.14. The molecular weight excluding hydrogens is 280 g/mol. The Labute approximate surface area is 123 Å². The van der Waals surface area contributed by atoms with E-state index in [9.17, 15) is 9.59 Å². The zero-order valence-corrected chi connectivity index (χ0v) is 12.8. The molecule has 0 unspecified atom stereocenters. The van der Waals surface area contributed by atoms with Gasteiger partial charge in [0.2, 0.25) is 0 Å². The predicted molar refractivity (Wildman–Crippen MR) is 79.1 cm³/mol. The molecule has 0 radical (unpaired) electrons. The molecule has 0 aliphatic carbocycles. The van der Waals surface area contributed by atoms with Gasteiger partial charge in [0.25, 0.3) is 0 Å². The Morgan fingerprint density at radius 2 is 2.05 bits per heavy atom. The minimum Gasteiger partial charge on any atom is -0.468 e. The van der Waals surface area contributed by atoms with Crippen LogP contribution in [0.4, 0.5) is 10.5 Å². The van der Waals surface area contributed by atoms with E-state index in [0.717, 1.165) is 5.56 Å². The average Bonchev–Trinajstić information content (AvgIpc) is 2.39. The summed E-state index contributed by atoms with van der Waals surface area (Å²) in [4.78, 5) is 24.9. The molecule has 0 fully saturated rings. The third kappa shape index (κ3) is 4.42. The summed E-state index contributed by atoms with van der Waals surface area (Å²) < 4.78 is 4.58. The van der Waals surface area contributed by atoms with E-state index in [1.54, 1.807) is 12.1 Å². The third-order valence-electron chi connectivity index (χ3n) is 2.83. The number of urea groups is 1. The number of ether oxygens (including phenoxy) is 1. The lowest BCUT2D eigenvalue weighted by Crippen LogP contribution is -2.43. The van der Waals surface area contributed by atoms with Gasteiger partial charge in [0.15, 0.2) is 0 Å². The Hall–Kier alpha value is -1.75. The first kappa shape index (κ1) is 16.3. The lowest BCUT2D eigenvalue weighted by molar-refractivity contribution is -0.141. The fourth-order valence-electron chi connectivity index (χ4n) is 1.56. The third-order valence-corrected chi connectivity index (χ3v) is 3.24. The first-order valence-electron chi connectivity index (χ1n) is 6.25. The Kier molecular flexibility index (Phi) is 5.82. The van der Waals surface area contributed by atoms with Crippen LogP contribution in [0.3, 0.4) is 0 Å². The Balaban J connectivity index is 2.80. The van der Waals surface area contributed by atoms with Gasteiger partial charge in [-0.2, -0.15) is 0 Å². The van der Waals surface area contributed by atoms with Crippen molar-refractivity contribution in [2.24, 2.45) is 0 Å². The summed E-state index contributed by atoms with van der Waals surface area (Å²) in [5.41, 5.74) is 1.51. The van der Waals surface area contributed by atoms with E-state index >= 15 is 0 Å². The first-order valence-corrected chi connectivity index (χ1v) is 6.63. The fourth-order valence-corrected chi connectivity index (χ4v) is 1.74. The lowest BCUT2D eigenvalue weighted by atomic mass is 10.2. The molecule has 0 spiro atoms. The molecule has 2 amide bonds. The van der Waals surface area contributed by atoms with E-state index in [2.05, 4.69) is 10.1 Å². The summed E-state index contributed by atoms with van der Waals surface area (Å²) >= 11 is 6.01. The monoisotopic (exact) mass is 298 g/mol. The zero-order valence-electron chi connectivity index (χ0n) is 12.1. The van der Waals surface area contributed by atoms with Gasteiger partial charge in [-0.1, -0.05) is 17.7 Å². The molecule has 0 bridgehead atoms. The normalized spacial score (nSPS) is 10.3. The number of amides is 2. The summed E-state index contributed by atoms with van der Waals surface area (Å²) in [6.07, 6.45) is 0. The van der Waals surface area contributed by atoms with Crippen LogP contribution in [0.15, 0.2) is 18.2 Å². The number of benzene rings is 1. The summed E-state index contributed by atoms with van der Waals surface area (Å²) in [5, 5.41) is 3.29. The van der Waals surface area contributed by atoms with E-state index in [0.29, 0.717) is 10.7 Å². The standard InChI is InChI=1S/C14H19ClN2O3/c1-9(2)17(8-13(18)20-4)14(19)16-11-6-5-10(3)12(15)7-11/h5-7,9H,8H2,1-4H3,(H,16,19). The molecule has 1 aromatic rings. The molecule has 0 saturated carbocycles. The van der Waals surface area contributed by atoms with Gasteiger partial charge < -0.3 is 15.0 Å². The maximum absolute atomic E-state index is 12.2. The number of carbonyl (C=O) groups excluding carboxylic acids is 2. The molecule has 1 aromatic carbocycles. The van der Waals surface area contributed by atoms with Gasteiger partial charge >= 0.3 is 12.0 Å². The van der Waals surface area contributed by atoms with E-state index in [-0.39, 0.29) is 18.6 Å². The minimum absolute atomic E-state index is 0.0976. The molecule has 0 aromatic heterocycles. The molecule has 6 heteroatoms. The van der Waals surface area contributed by atoms with Crippen molar-refractivity contribution in [3.63, 3.8) is 0 Å². The van der Waals surface area contributed by atoms with Crippen molar-refractivity contribution in [1.82, 2.24) is 4.90 Å². The van der Waals surface area contributed by atoms with Crippen molar-refractivity contribution < 1.29 is 14.3 Å². The second-order valence-corrected chi connectivity index (χ2v) is 5.10. The van der Waals surface area contributed by atoms with Crippen molar-refractivity contribution in [1.29, 1.82) is 0 Å². The van der Waals surface area contributed by atoms with Gasteiger partial charge in [0, 0.05) is 16.8 Å². The Morgan fingerprint density at radius 1 is 1.40 bits per heavy atom. The zero-order chi connectivity index (χ0) is 15.3. The maximum atomic E-state index is 12.2. The number of halogens is 1. The van der Waals surface area contributed by atoms with Gasteiger partial charge in [-0.05, 0) is 38.5 Å². The van der Waals surface area contributed by atoms with Crippen LogP contribution in [0.2, 0.25) is 5.02 Å². The number of esters is 1. The van der Waals surface area contributed by atoms with Gasteiger partial charge in [-0.3, -0.25) is 4.79 Å². The van der Waals surface area contributed by atoms with Crippen LogP contribution in [-0.4, -0.2) is 36.6 Å². The smallest absolute Gasteiger partial charge is 0.325 e. The number of nitrogens with one attached hydrogen (secondary N) is 1. The van der Waals surface area contributed by atoms with Crippen LogP contribution in [-0.2, 0) is 9.53 Å². The molecule has 110 valence electrons. The molecule has 0 aliphatic rings. The first-order chi connectivity index (χ1) is 9.35. The number of carbonyl (C=O) groups is 2. The van der Waals surface area contributed by atoms with E-state index in [1.807, 2.05) is 26.8 Å². The molecule has 0 atom stereocenters. The number of aryl methyl sites for hydroxylation is 1. The number of hydrogen-bond acceptors (Lipinski definition) is 3. The van der Waals surface area contributed by atoms with E-state index < -0.39 is 5.97 Å². The SMILES string of the molecule is COC(=O)CN(C(=O)Nc1ccc(C)c(Cl)c1)C(C)C. The Morgan fingerprint density at radius 3 is 2.55 bits per heavy atom. The van der Waals surface area contributed by atoms with Gasteiger partial charge in [0.1, 0.15) is 6.54 Å². The Bertz CT molecular complexity index is 503. The highest BCUT2D eigenvalue weighted by molar-refractivity contribution is 6.31. The van der Waals surface area contributed by atoms with Crippen LogP contribution in [0, 0.1) is 6.92 Å². The van der Waals surface area contributed by atoms with Crippen LogP contribution >= 0.6 is 11.6 Å². The topological polar surface area (TPSA) is 58.6 Å². The summed E-state index contributed by atoms with van der Waals surface area (Å²) in [6.45, 7) is 5.43. The number of hydrogen-bond donors (Lipinski definition) is 1. The number of methoxy groups -OCH3 is 1. The lowest BCUT2D eigenvalue weighted by Gasteiger charge is -2.25. The molecule has 1 N–H and O–H groups in total. The van der Waals surface area contributed by atoms with Crippen molar-refractivity contribution in [3.05, 3.63) is 28.8 Å². The van der Waals surface area contributed by atoms with Crippen molar-refractivity contribution in [2.75, 3.05) is 19.0 Å². The molecule has 0 aliphatic heterocycles. The van der Waals surface area contributed by atoms with Crippen LogP contribution in [0.5, 0.6) is 0 Å². The van der Waals surface area contributed by atoms with Crippen LogP contribution in [0.25, 0.3) is 0 Å². The van der Waals surface area contributed by atoms with Gasteiger partial charge in [0.05, 0.1) is 7.11 Å². The highest BCUT2D eigenvalue weighted by atomic mass is 35.5. The maximum Gasteiger partial charge on any atom is 0.325 e. The highest BCUT2D eigenvalue weighted by Crippen LogP contribution is 2.20. The second-order valence-electron chi connectivity index (χ2n) is 4.69. The van der Waals surface area contributed by atoms with Crippen LogP contribution < -0.4 is 5.32 Å². The van der Waals surface area contributed by atoms with Gasteiger partial charge in [-0.25, -0.2) is 4.79 Å². The summed E-state index contributed by atoms with van der Waals surface area (Å²) in [6, 6.07) is 4.75. The molecule has 1 rings (SSSR count). The minimum atomic E-state index is -0.462. The average molecular weight is 299 g/mol. The molecule has 20 heavy (non-hydrogen) atoms. The number of rotatable bonds is 4. The largest absolute Gasteiger partial charge is 0.468 e. The molecule has 0 heterocycles. The van der Waals surface area contributed by atoms with E-state index in [1.165, 1.54) is 12.0 Å². The molecule has 0 saturated heterocycles. The summed E-state index contributed by atoms with van der Waals surface area (Å²) in [7, 11) is 1.29. The summed E-state index contributed by atoms with van der Waals surface area (Å²) in [5.74, 6) is -0.462. The quantitative estimate of drug-likeness (QED) is 0.869.